The summed E-state index contributed by atoms with van der Waals surface area (Å²) >= 11 is -0.674. The molecule has 0 spiro atoms. The second kappa shape index (κ2) is 3.74. The molecule has 1 aliphatic heterocycles. The van der Waals surface area contributed by atoms with Crippen molar-refractivity contribution < 1.29 is 9.47 Å². The summed E-state index contributed by atoms with van der Waals surface area (Å²) in [6.07, 6.45) is 0. The summed E-state index contributed by atoms with van der Waals surface area (Å²) in [6.45, 7) is 0.374. The normalized spacial score (nSPS) is 14.5. The molecule has 0 N–H and O–H groups in total. The predicted molar refractivity (Wildman–Crippen MR) is 62.1 cm³/mol. The van der Waals surface area contributed by atoms with Crippen LogP contribution >= 0.6 is 19.8 Å². The van der Waals surface area contributed by atoms with Crippen molar-refractivity contribution >= 4 is 19.8 Å². The van der Waals surface area contributed by atoms with E-state index in [1.165, 1.54) is 9.99 Å². The summed E-state index contributed by atoms with van der Waals surface area (Å²) in [7, 11) is 0. The molecule has 0 radical (unpaired) electrons. The standard InChI is InChI=1S/C10H13IO2/c1-11(2)6-8-3-4-9-10(5-8)13-7-12-9/h3-5H,6-7H2,1-2H3. The zero-order valence-corrected chi connectivity index (χ0v) is 10.00. The van der Waals surface area contributed by atoms with Gasteiger partial charge in [-0.1, -0.05) is 0 Å². The van der Waals surface area contributed by atoms with Crippen LogP contribution in [0.25, 0.3) is 0 Å². The van der Waals surface area contributed by atoms with E-state index in [-0.39, 0.29) is 0 Å². The van der Waals surface area contributed by atoms with E-state index in [1.54, 1.807) is 0 Å². The first-order valence-corrected chi connectivity index (χ1v) is 9.94. The number of halogens is 1. The minimum absolute atomic E-state index is 0.374. The van der Waals surface area contributed by atoms with Crippen LogP contribution in [0.1, 0.15) is 5.56 Å². The Hall–Kier alpha value is -0.450. The fourth-order valence-electron chi connectivity index (χ4n) is 1.33. The van der Waals surface area contributed by atoms with Crippen LogP contribution in [0.3, 0.4) is 0 Å². The first-order valence-electron chi connectivity index (χ1n) is 4.10. The van der Waals surface area contributed by atoms with Gasteiger partial charge in [-0.25, -0.2) is 0 Å². The number of alkyl halides is 3. The second-order valence-corrected chi connectivity index (χ2v) is 9.21. The molecular weight excluding hydrogens is 279 g/mol. The third-order valence-electron chi connectivity index (χ3n) is 1.86. The van der Waals surface area contributed by atoms with Gasteiger partial charge < -0.3 is 0 Å². The quantitative estimate of drug-likeness (QED) is 0.616. The van der Waals surface area contributed by atoms with Crippen molar-refractivity contribution in [1.82, 2.24) is 0 Å². The molecule has 2 nitrogen and oxygen atoms in total. The van der Waals surface area contributed by atoms with Gasteiger partial charge in [-0.15, -0.1) is 0 Å². The van der Waals surface area contributed by atoms with Crippen molar-refractivity contribution in [3.63, 3.8) is 0 Å². The van der Waals surface area contributed by atoms with Crippen LogP contribution in [-0.2, 0) is 4.43 Å². The average Bonchev–Trinajstić information content (AvgIpc) is 2.49. The van der Waals surface area contributed by atoms with Gasteiger partial charge in [-0.3, -0.25) is 0 Å². The zero-order chi connectivity index (χ0) is 9.26. The molecule has 0 saturated carbocycles. The van der Waals surface area contributed by atoms with E-state index in [9.17, 15) is 0 Å². The van der Waals surface area contributed by atoms with E-state index in [0.717, 1.165) is 11.5 Å². The monoisotopic (exact) mass is 292 g/mol. The third-order valence-corrected chi connectivity index (χ3v) is 4.26. The number of hydrogen-bond donors (Lipinski definition) is 0. The Kier molecular flexibility index (Phi) is 2.62. The summed E-state index contributed by atoms with van der Waals surface area (Å²) in [6, 6.07) is 6.27. The molecule has 1 aliphatic rings. The molecule has 2 rings (SSSR count). The van der Waals surface area contributed by atoms with E-state index < -0.39 is 19.8 Å². The van der Waals surface area contributed by atoms with Crippen LogP contribution in [-0.4, -0.2) is 16.7 Å². The molecule has 0 aliphatic carbocycles. The molecule has 3 heteroatoms. The molecule has 0 aromatic heterocycles. The van der Waals surface area contributed by atoms with Crippen LogP contribution in [0.5, 0.6) is 11.5 Å². The van der Waals surface area contributed by atoms with Crippen molar-refractivity contribution in [1.29, 1.82) is 0 Å². The van der Waals surface area contributed by atoms with Crippen molar-refractivity contribution in [2.45, 2.75) is 4.43 Å². The molecule has 0 saturated heterocycles. The molecule has 0 unspecified atom stereocenters. The number of ether oxygens (including phenoxy) is 2. The molecule has 1 aromatic carbocycles. The van der Waals surface area contributed by atoms with Crippen LogP contribution in [0.4, 0.5) is 0 Å². The van der Waals surface area contributed by atoms with Crippen molar-refractivity contribution in [3.8, 4) is 11.5 Å². The molecule has 0 amide bonds. The molecule has 13 heavy (non-hydrogen) atoms. The fourth-order valence-corrected chi connectivity index (χ4v) is 3.57. The van der Waals surface area contributed by atoms with E-state index >= 15 is 0 Å². The second-order valence-electron chi connectivity index (χ2n) is 3.23. The summed E-state index contributed by atoms with van der Waals surface area (Å²) in [5, 5.41) is 0. The van der Waals surface area contributed by atoms with Gasteiger partial charge in [0.25, 0.3) is 0 Å². The van der Waals surface area contributed by atoms with E-state index in [1.807, 2.05) is 6.07 Å². The van der Waals surface area contributed by atoms with Gasteiger partial charge in [0.2, 0.25) is 0 Å². The Morgan fingerprint density at radius 3 is 2.77 bits per heavy atom. The zero-order valence-electron chi connectivity index (χ0n) is 7.84. The Morgan fingerprint density at radius 1 is 1.23 bits per heavy atom. The maximum absolute atomic E-state index is 5.32. The number of rotatable bonds is 2. The first kappa shape index (κ1) is 9.12. The Labute approximate surface area is 85.6 Å². The van der Waals surface area contributed by atoms with Gasteiger partial charge in [0.05, 0.1) is 0 Å². The number of hydrogen-bond acceptors (Lipinski definition) is 2. The SMILES string of the molecule is CI(C)Cc1ccc2c(c1)OCO2. The van der Waals surface area contributed by atoms with Gasteiger partial charge in [-0.2, -0.15) is 0 Å². The molecule has 1 heterocycles. The molecule has 72 valence electrons. The molecule has 0 bridgehead atoms. The van der Waals surface area contributed by atoms with Gasteiger partial charge >= 0.3 is 85.6 Å². The third kappa shape index (κ3) is 2.07. The summed E-state index contributed by atoms with van der Waals surface area (Å²) in [5.74, 6) is 1.80. The summed E-state index contributed by atoms with van der Waals surface area (Å²) in [5.41, 5.74) is 1.39. The van der Waals surface area contributed by atoms with Crippen LogP contribution < -0.4 is 9.47 Å². The minimum atomic E-state index is -0.674. The summed E-state index contributed by atoms with van der Waals surface area (Å²) in [4.78, 5) is 4.74. The van der Waals surface area contributed by atoms with Crippen LogP contribution in [0.15, 0.2) is 18.2 Å². The van der Waals surface area contributed by atoms with Gasteiger partial charge in [0.1, 0.15) is 0 Å². The summed E-state index contributed by atoms with van der Waals surface area (Å²) < 4.78 is 11.8. The number of benzene rings is 1. The fraction of sp³-hybridized carbons (Fsp3) is 0.400. The Bertz CT molecular complexity index is 310. The molecular formula is C10H13IO2. The van der Waals surface area contributed by atoms with E-state index in [2.05, 4.69) is 22.0 Å². The Balaban J connectivity index is 2.21. The average molecular weight is 292 g/mol. The predicted octanol–water partition coefficient (Wildman–Crippen LogP) is 2.68. The molecule has 0 fully saturated rings. The van der Waals surface area contributed by atoms with E-state index in [4.69, 9.17) is 9.47 Å². The van der Waals surface area contributed by atoms with Crippen LogP contribution in [0.2, 0.25) is 0 Å². The van der Waals surface area contributed by atoms with E-state index in [0.29, 0.717) is 6.79 Å². The Morgan fingerprint density at radius 2 is 2.00 bits per heavy atom. The number of fused-ring (bicyclic) bond motifs is 1. The maximum atomic E-state index is 5.32. The molecule has 1 aromatic rings. The van der Waals surface area contributed by atoms with Crippen molar-refractivity contribution in [2.24, 2.45) is 0 Å². The van der Waals surface area contributed by atoms with Crippen LogP contribution in [0, 0.1) is 0 Å². The molecule has 0 atom stereocenters. The van der Waals surface area contributed by atoms with Crippen molar-refractivity contribution in [3.05, 3.63) is 23.8 Å². The van der Waals surface area contributed by atoms with Crippen molar-refractivity contribution in [2.75, 3.05) is 16.7 Å². The van der Waals surface area contributed by atoms with Gasteiger partial charge in [0.15, 0.2) is 0 Å². The van der Waals surface area contributed by atoms with Gasteiger partial charge in [0, 0.05) is 0 Å². The van der Waals surface area contributed by atoms with Gasteiger partial charge in [-0.05, 0) is 0 Å². The topological polar surface area (TPSA) is 18.5 Å². The first-order chi connectivity index (χ1) is 6.25.